The molecule has 0 fully saturated rings. The van der Waals surface area contributed by atoms with Gasteiger partial charge in [-0.1, -0.05) is 36.8 Å². The molecular formula is C9H14ClN3O3S2. The van der Waals surface area contributed by atoms with Crippen molar-refractivity contribution in [1.29, 1.82) is 0 Å². The average Bonchev–Trinajstić information content (AvgIpc) is 2.71. The second kappa shape index (κ2) is 6.46. The topological polar surface area (TPSA) is 88.2 Å². The number of thiazole rings is 1. The highest BCUT2D eigenvalue weighted by atomic mass is 35.5. The van der Waals surface area contributed by atoms with Crippen LogP contribution in [0, 0.1) is 5.92 Å². The number of carbonyl (C=O) groups is 1. The van der Waals surface area contributed by atoms with Crippen molar-refractivity contribution < 1.29 is 13.2 Å². The van der Waals surface area contributed by atoms with Gasteiger partial charge in [0.1, 0.15) is 0 Å². The van der Waals surface area contributed by atoms with E-state index in [4.69, 9.17) is 11.6 Å². The van der Waals surface area contributed by atoms with E-state index in [0.717, 1.165) is 11.3 Å². The summed E-state index contributed by atoms with van der Waals surface area (Å²) in [4.78, 5) is 14.9. The van der Waals surface area contributed by atoms with Crippen LogP contribution in [-0.2, 0) is 14.8 Å². The first-order valence-electron chi connectivity index (χ1n) is 5.21. The molecule has 0 aliphatic heterocycles. The smallest absolute Gasteiger partial charge is 0.251 e. The van der Waals surface area contributed by atoms with Crippen molar-refractivity contribution in [2.75, 3.05) is 13.1 Å². The quantitative estimate of drug-likeness (QED) is 0.762. The van der Waals surface area contributed by atoms with Gasteiger partial charge >= 0.3 is 0 Å². The van der Waals surface area contributed by atoms with Crippen molar-refractivity contribution in [3.8, 4) is 0 Å². The SMILES string of the molecule is CC(C)C(=O)NCCNS(=O)(=O)c1cnc(Cl)s1. The number of carbonyl (C=O) groups excluding carboxylic acids is 1. The fourth-order valence-corrected chi connectivity index (χ4v) is 3.38. The molecule has 0 spiro atoms. The standard InChI is InChI=1S/C9H14ClN3O3S2/c1-6(2)8(14)11-3-4-13-18(15,16)7-5-12-9(10)17-7/h5-6,13H,3-4H2,1-2H3,(H,11,14). The Morgan fingerprint density at radius 3 is 2.67 bits per heavy atom. The molecule has 0 atom stereocenters. The summed E-state index contributed by atoms with van der Waals surface area (Å²) in [6, 6.07) is 0. The van der Waals surface area contributed by atoms with Crippen LogP contribution in [0.3, 0.4) is 0 Å². The van der Waals surface area contributed by atoms with Gasteiger partial charge < -0.3 is 5.32 Å². The number of sulfonamides is 1. The van der Waals surface area contributed by atoms with Crippen LogP contribution in [-0.4, -0.2) is 32.4 Å². The molecule has 18 heavy (non-hydrogen) atoms. The first-order valence-corrected chi connectivity index (χ1v) is 7.89. The predicted molar refractivity (Wildman–Crippen MR) is 70.2 cm³/mol. The van der Waals surface area contributed by atoms with E-state index in [-0.39, 0.29) is 33.6 Å². The molecule has 0 aromatic carbocycles. The summed E-state index contributed by atoms with van der Waals surface area (Å²) < 4.78 is 26.0. The van der Waals surface area contributed by atoms with E-state index in [1.165, 1.54) is 6.20 Å². The highest BCUT2D eigenvalue weighted by molar-refractivity contribution is 7.91. The molecule has 2 N–H and O–H groups in total. The molecule has 1 amide bonds. The number of rotatable bonds is 6. The van der Waals surface area contributed by atoms with Crippen LogP contribution < -0.4 is 10.0 Å². The predicted octanol–water partition coefficient (Wildman–Crippen LogP) is 0.847. The van der Waals surface area contributed by atoms with Crippen LogP contribution in [0.25, 0.3) is 0 Å². The monoisotopic (exact) mass is 311 g/mol. The van der Waals surface area contributed by atoms with Crippen LogP contribution in [0.5, 0.6) is 0 Å². The lowest BCUT2D eigenvalue weighted by Crippen LogP contribution is -2.36. The van der Waals surface area contributed by atoms with Gasteiger partial charge in [0.25, 0.3) is 10.0 Å². The Balaban J connectivity index is 2.42. The molecule has 1 aromatic heterocycles. The highest BCUT2D eigenvalue weighted by Crippen LogP contribution is 2.21. The third-order valence-electron chi connectivity index (χ3n) is 1.96. The van der Waals surface area contributed by atoms with Crippen LogP contribution >= 0.6 is 22.9 Å². The van der Waals surface area contributed by atoms with E-state index >= 15 is 0 Å². The van der Waals surface area contributed by atoms with Gasteiger partial charge in [-0.2, -0.15) is 0 Å². The van der Waals surface area contributed by atoms with Gasteiger partial charge in [0.2, 0.25) is 5.91 Å². The molecule has 0 aliphatic carbocycles. The maximum Gasteiger partial charge on any atom is 0.251 e. The summed E-state index contributed by atoms with van der Waals surface area (Å²) in [5, 5.41) is 2.61. The fourth-order valence-electron chi connectivity index (χ4n) is 1.01. The van der Waals surface area contributed by atoms with Crippen LogP contribution in [0.4, 0.5) is 0 Å². The summed E-state index contributed by atoms with van der Waals surface area (Å²) in [7, 11) is -3.59. The molecule has 9 heteroatoms. The van der Waals surface area contributed by atoms with E-state index in [1.807, 2.05) is 0 Å². The zero-order valence-corrected chi connectivity index (χ0v) is 12.3. The minimum absolute atomic E-state index is 0.0580. The molecule has 0 saturated carbocycles. The van der Waals surface area contributed by atoms with Crippen molar-refractivity contribution >= 4 is 38.9 Å². The van der Waals surface area contributed by atoms with Gasteiger partial charge in [0.15, 0.2) is 8.68 Å². The molecule has 0 bridgehead atoms. The second-order valence-corrected chi connectivity index (χ2v) is 7.38. The van der Waals surface area contributed by atoms with Gasteiger partial charge in [0.05, 0.1) is 6.20 Å². The third-order valence-corrected chi connectivity index (χ3v) is 5.00. The lowest BCUT2D eigenvalue weighted by molar-refractivity contribution is -0.123. The number of halogens is 1. The lowest BCUT2D eigenvalue weighted by Gasteiger charge is -2.08. The Hall–Kier alpha value is -0.700. The van der Waals surface area contributed by atoms with Crippen molar-refractivity contribution in [1.82, 2.24) is 15.0 Å². The molecule has 6 nitrogen and oxygen atoms in total. The Kier molecular flexibility index (Phi) is 5.51. The van der Waals surface area contributed by atoms with E-state index < -0.39 is 10.0 Å². The van der Waals surface area contributed by atoms with Crippen LogP contribution in [0.15, 0.2) is 10.4 Å². The molecule has 1 rings (SSSR count). The second-order valence-electron chi connectivity index (χ2n) is 3.78. The van der Waals surface area contributed by atoms with Crippen molar-refractivity contribution in [3.63, 3.8) is 0 Å². The summed E-state index contributed by atoms with van der Waals surface area (Å²) in [6.07, 6.45) is 1.20. The number of hydrogen-bond donors (Lipinski definition) is 2. The summed E-state index contributed by atoms with van der Waals surface area (Å²) in [5.41, 5.74) is 0. The maximum atomic E-state index is 11.7. The number of nitrogens with zero attached hydrogens (tertiary/aromatic N) is 1. The largest absolute Gasteiger partial charge is 0.355 e. The van der Waals surface area contributed by atoms with Gasteiger partial charge in [-0.3, -0.25) is 4.79 Å². The molecule has 1 heterocycles. The molecule has 0 aliphatic rings. The zero-order chi connectivity index (χ0) is 13.8. The third kappa shape index (κ3) is 4.52. The first-order chi connectivity index (χ1) is 8.33. The van der Waals surface area contributed by atoms with E-state index in [9.17, 15) is 13.2 Å². The fraction of sp³-hybridized carbons (Fsp3) is 0.556. The van der Waals surface area contributed by atoms with Gasteiger partial charge in [-0.25, -0.2) is 18.1 Å². The molecule has 1 aromatic rings. The Morgan fingerprint density at radius 1 is 1.50 bits per heavy atom. The van der Waals surface area contributed by atoms with Crippen molar-refractivity contribution in [2.45, 2.75) is 18.1 Å². The molecule has 0 radical (unpaired) electrons. The van der Waals surface area contributed by atoms with E-state index in [1.54, 1.807) is 13.8 Å². The number of nitrogens with one attached hydrogen (secondary N) is 2. The average molecular weight is 312 g/mol. The Bertz CT molecular complexity index is 513. The van der Waals surface area contributed by atoms with Crippen molar-refractivity contribution in [3.05, 3.63) is 10.7 Å². The summed E-state index contributed by atoms with van der Waals surface area (Å²) in [5.74, 6) is -0.239. The van der Waals surface area contributed by atoms with Crippen LogP contribution in [0.2, 0.25) is 4.47 Å². The van der Waals surface area contributed by atoms with E-state index in [0.29, 0.717) is 0 Å². The van der Waals surface area contributed by atoms with Gasteiger partial charge in [-0.15, -0.1) is 0 Å². The summed E-state index contributed by atoms with van der Waals surface area (Å²) in [6.45, 7) is 3.89. The summed E-state index contributed by atoms with van der Waals surface area (Å²) >= 11 is 6.44. The molecular weight excluding hydrogens is 298 g/mol. The molecule has 102 valence electrons. The van der Waals surface area contributed by atoms with Crippen molar-refractivity contribution in [2.24, 2.45) is 5.92 Å². The van der Waals surface area contributed by atoms with Gasteiger partial charge in [0, 0.05) is 19.0 Å². The maximum absolute atomic E-state index is 11.7. The minimum atomic E-state index is -3.59. The lowest BCUT2D eigenvalue weighted by atomic mass is 10.2. The highest BCUT2D eigenvalue weighted by Gasteiger charge is 2.16. The van der Waals surface area contributed by atoms with Crippen LogP contribution in [0.1, 0.15) is 13.8 Å². The minimum Gasteiger partial charge on any atom is -0.355 e. The number of hydrogen-bond acceptors (Lipinski definition) is 5. The molecule has 0 unspecified atom stereocenters. The zero-order valence-electron chi connectivity index (χ0n) is 9.94. The molecule has 0 saturated heterocycles. The first kappa shape index (κ1) is 15.4. The Labute approximate surface area is 115 Å². The van der Waals surface area contributed by atoms with E-state index in [2.05, 4.69) is 15.0 Å². The number of aromatic nitrogens is 1. The number of amides is 1. The van der Waals surface area contributed by atoms with Gasteiger partial charge in [-0.05, 0) is 0 Å². The Morgan fingerprint density at radius 2 is 2.17 bits per heavy atom. The normalized spacial score (nSPS) is 11.8.